The average molecular weight is 295 g/mol. The van der Waals surface area contributed by atoms with E-state index in [2.05, 4.69) is 46.0 Å². The van der Waals surface area contributed by atoms with Crippen LogP contribution in [-0.2, 0) is 6.54 Å². The highest BCUT2D eigenvalue weighted by molar-refractivity contribution is 5.41. The fourth-order valence-corrected chi connectivity index (χ4v) is 2.70. The number of pyridine rings is 1. The Bertz CT molecular complexity index is 736. The molecule has 2 aromatic heterocycles. The summed E-state index contributed by atoms with van der Waals surface area (Å²) in [4.78, 5) is 4.43. The molecule has 0 aliphatic heterocycles. The number of rotatable bonds is 6. The number of hydrogen-bond acceptors (Lipinski definition) is 3. The van der Waals surface area contributed by atoms with Gasteiger partial charge in [0.15, 0.2) is 0 Å². The molecule has 4 nitrogen and oxygen atoms in total. The summed E-state index contributed by atoms with van der Waals surface area (Å²) in [6.07, 6.45) is 4.70. The first kappa shape index (κ1) is 14.8. The summed E-state index contributed by atoms with van der Waals surface area (Å²) >= 11 is 0. The third-order valence-electron chi connectivity index (χ3n) is 3.88. The van der Waals surface area contributed by atoms with Crippen LogP contribution in [0.5, 0.6) is 0 Å². The summed E-state index contributed by atoms with van der Waals surface area (Å²) in [5.74, 6) is 0. The van der Waals surface area contributed by atoms with Crippen LogP contribution in [0.1, 0.15) is 29.3 Å². The van der Waals surface area contributed by atoms with E-state index in [1.54, 1.807) is 0 Å². The molecule has 3 rings (SSSR count). The standard InChI is InChI=1S/C18H21N3O/c1-14-7-8-18-20-12-16(21(18)13-14)11-19-17(9-10-22)15-5-3-2-4-6-15/h2-8,12-13,17,19,22H,9-11H2,1H3/t17-/m1/s1. The SMILES string of the molecule is Cc1ccc2ncc(CN[C@H](CCO)c3ccccc3)n2c1. The number of nitrogens with zero attached hydrogens (tertiary/aromatic N) is 2. The molecular weight excluding hydrogens is 274 g/mol. The van der Waals surface area contributed by atoms with Crippen LogP contribution in [0.3, 0.4) is 0 Å². The van der Waals surface area contributed by atoms with Gasteiger partial charge in [-0.05, 0) is 30.5 Å². The number of aliphatic hydroxyl groups is 1. The van der Waals surface area contributed by atoms with Gasteiger partial charge in [-0.15, -0.1) is 0 Å². The highest BCUT2D eigenvalue weighted by Crippen LogP contribution is 2.17. The molecule has 3 aromatic rings. The zero-order chi connectivity index (χ0) is 15.4. The van der Waals surface area contributed by atoms with Crippen molar-refractivity contribution in [1.29, 1.82) is 0 Å². The van der Waals surface area contributed by atoms with E-state index in [4.69, 9.17) is 0 Å². The van der Waals surface area contributed by atoms with Crippen molar-refractivity contribution in [1.82, 2.24) is 14.7 Å². The summed E-state index contributed by atoms with van der Waals surface area (Å²) in [6, 6.07) is 14.5. The van der Waals surface area contributed by atoms with E-state index in [0.29, 0.717) is 13.0 Å². The van der Waals surface area contributed by atoms with Gasteiger partial charge in [0.1, 0.15) is 5.65 Å². The lowest BCUT2D eigenvalue weighted by Crippen LogP contribution is -2.22. The van der Waals surface area contributed by atoms with Crippen molar-refractivity contribution in [2.75, 3.05) is 6.61 Å². The second-order valence-electron chi connectivity index (χ2n) is 5.54. The van der Waals surface area contributed by atoms with Crippen molar-refractivity contribution in [3.63, 3.8) is 0 Å². The third-order valence-corrected chi connectivity index (χ3v) is 3.88. The number of nitrogens with one attached hydrogen (secondary N) is 1. The predicted octanol–water partition coefficient (Wildman–Crippen LogP) is 2.86. The number of aromatic nitrogens is 2. The third kappa shape index (κ3) is 3.18. The fraction of sp³-hybridized carbons (Fsp3) is 0.278. The van der Waals surface area contributed by atoms with Crippen LogP contribution in [0.2, 0.25) is 0 Å². The number of benzene rings is 1. The molecule has 1 atom stereocenters. The fourth-order valence-electron chi connectivity index (χ4n) is 2.70. The minimum atomic E-state index is 0.140. The maximum Gasteiger partial charge on any atom is 0.136 e. The topological polar surface area (TPSA) is 49.6 Å². The van der Waals surface area contributed by atoms with E-state index in [1.165, 1.54) is 11.1 Å². The molecule has 0 saturated heterocycles. The number of fused-ring (bicyclic) bond motifs is 1. The number of aliphatic hydroxyl groups excluding tert-OH is 1. The van der Waals surface area contributed by atoms with Gasteiger partial charge in [-0.3, -0.25) is 0 Å². The maximum atomic E-state index is 9.31. The van der Waals surface area contributed by atoms with Gasteiger partial charge < -0.3 is 14.8 Å². The maximum absolute atomic E-state index is 9.31. The van der Waals surface area contributed by atoms with Crippen LogP contribution in [0.4, 0.5) is 0 Å². The van der Waals surface area contributed by atoms with Crippen molar-refractivity contribution < 1.29 is 5.11 Å². The van der Waals surface area contributed by atoms with Gasteiger partial charge in [0.05, 0.1) is 11.9 Å². The number of imidazole rings is 1. The molecule has 0 spiro atoms. The Morgan fingerprint density at radius 2 is 2.00 bits per heavy atom. The lowest BCUT2D eigenvalue weighted by molar-refractivity contribution is 0.265. The van der Waals surface area contributed by atoms with Gasteiger partial charge in [-0.25, -0.2) is 4.98 Å². The average Bonchev–Trinajstić information content (AvgIpc) is 2.94. The molecule has 0 amide bonds. The Hall–Kier alpha value is -2.17. The van der Waals surface area contributed by atoms with E-state index >= 15 is 0 Å². The zero-order valence-electron chi connectivity index (χ0n) is 12.7. The van der Waals surface area contributed by atoms with Crippen molar-refractivity contribution in [3.05, 3.63) is 71.7 Å². The smallest absolute Gasteiger partial charge is 0.136 e. The predicted molar refractivity (Wildman–Crippen MR) is 87.7 cm³/mol. The summed E-state index contributed by atoms with van der Waals surface area (Å²) in [7, 11) is 0. The molecule has 0 aliphatic rings. The van der Waals surface area contributed by atoms with Gasteiger partial charge in [-0.1, -0.05) is 36.4 Å². The normalized spacial score (nSPS) is 12.6. The minimum Gasteiger partial charge on any atom is -0.396 e. The Kier molecular flexibility index (Phi) is 4.51. The molecule has 2 heterocycles. The summed E-state index contributed by atoms with van der Waals surface area (Å²) in [5.41, 5.74) is 4.49. The van der Waals surface area contributed by atoms with Crippen LogP contribution in [-0.4, -0.2) is 21.1 Å². The van der Waals surface area contributed by atoms with Gasteiger partial charge >= 0.3 is 0 Å². The molecule has 0 aliphatic carbocycles. The van der Waals surface area contributed by atoms with Crippen LogP contribution in [0.25, 0.3) is 5.65 Å². The quantitative estimate of drug-likeness (QED) is 0.735. The van der Waals surface area contributed by atoms with Crippen molar-refractivity contribution >= 4 is 5.65 Å². The molecule has 2 N–H and O–H groups in total. The molecule has 0 bridgehead atoms. The molecular formula is C18H21N3O. The Balaban J connectivity index is 1.78. The largest absolute Gasteiger partial charge is 0.396 e. The Morgan fingerprint density at radius 3 is 2.77 bits per heavy atom. The van der Waals surface area contributed by atoms with E-state index in [1.807, 2.05) is 30.5 Å². The number of hydrogen-bond donors (Lipinski definition) is 2. The summed E-state index contributed by atoms with van der Waals surface area (Å²) in [6.45, 7) is 2.96. The molecule has 0 unspecified atom stereocenters. The van der Waals surface area contributed by atoms with Crippen LogP contribution in [0.15, 0.2) is 54.9 Å². The lowest BCUT2D eigenvalue weighted by Gasteiger charge is -2.18. The van der Waals surface area contributed by atoms with Crippen molar-refractivity contribution in [2.45, 2.75) is 25.9 Å². The highest BCUT2D eigenvalue weighted by atomic mass is 16.3. The molecule has 0 saturated carbocycles. The highest BCUT2D eigenvalue weighted by Gasteiger charge is 2.11. The first-order valence-electron chi connectivity index (χ1n) is 7.59. The number of aryl methyl sites for hydroxylation is 1. The van der Waals surface area contributed by atoms with Crippen molar-refractivity contribution in [3.8, 4) is 0 Å². The Morgan fingerprint density at radius 1 is 1.18 bits per heavy atom. The van der Waals surface area contributed by atoms with Crippen LogP contribution >= 0.6 is 0 Å². The molecule has 4 heteroatoms. The second kappa shape index (κ2) is 6.73. The van der Waals surface area contributed by atoms with Crippen LogP contribution in [0, 0.1) is 6.92 Å². The summed E-state index contributed by atoms with van der Waals surface area (Å²) in [5, 5.41) is 12.8. The first-order valence-corrected chi connectivity index (χ1v) is 7.59. The zero-order valence-corrected chi connectivity index (χ0v) is 12.7. The van der Waals surface area contributed by atoms with Crippen LogP contribution < -0.4 is 5.32 Å². The van der Waals surface area contributed by atoms with Crippen molar-refractivity contribution in [2.24, 2.45) is 0 Å². The van der Waals surface area contributed by atoms with E-state index in [9.17, 15) is 5.11 Å². The molecule has 0 radical (unpaired) electrons. The van der Waals surface area contributed by atoms with Gasteiger partial charge in [-0.2, -0.15) is 0 Å². The van der Waals surface area contributed by atoms with Gasteiger partial charge in [0.2, 0.25) is 0 Å². The van der Waals surface area contributed by atoms with E-state index in [-0.39, 0.29) is 12.6 Å². The molecule has 114 valence electrons. The van der Waals surface area contributed by atoms with Gasteiger partial charge in [0.25, 0.3) is 0 Å². The minimum absolute atomic E-state index is 0.140. The van der Waals surface area contributed by atoms with E-state index < -0.39 is 0 Å². The first-order chi connectivity index (χ1) is 10.8. The monoisotopic (exact) mass is 295 g/mol. The summed E-state index contributed by atoms with van der Waals surface area (Å²) < 4.78 is 2.11. The molecule has 1 aromatic carbocycles. The molecule has 0 fully saturated rings. The van der Waals surface area contributed by atoms with E-state index in [0.717, 1.165) is 11.3 Å². The Labute approximate surface area is 130 Å². The lowest BCUT2D eigenvalue weighted by atomic mass is 10.0. The molecule has 22 heavy (non-hydrogen) atoms. The van der Waals surface area contributed by atoms with Gasteiger partial charge in [0, 0.05) is 25.4 Å². The second-order valence-corrected chi connectivity index (χ2v) is 5.54.